The van der Waals surface area contributed by atoms with E-state index in [2.05, 4.69) is 12.2 Å². The molecule has 1 aliphatic carbocycles. The molecule has 0 aromatic carbocycles. The Morgan fingerprint density at radius 2 is 1.50 bits per heavy atom. The van der Waals surface area contributed by atoms with Gasteiger partial charge >= 0.3 is 0 Å². The minimum atomic E-state index is 0.0121. The van der Waals surface area contributed by atoms with Gasteiger partial charge in [0.15, 0.2) is 6.29 Å². The van der Waals surface area contributed by atoms with Crippen molar-refractivity contribution in [3.63, 3.8) is 0 Å². The van der Waals surface area contributed by atoms with Crippen LogP contribution in [0.3, 0.4) is 0 Å². The Kier molecular flexibility index (Phi) is 2.47. The zero-order valence-electron chi connectivity index (χ0n) is 7.53. The third kappa shape index (κ3) is 1.70. The molecule has 12 heavy (non-hydrogen) atoms. The van der Waals surface area contributed by atoms with Crippen LogP contribution in [-0.2, 0) is 9.47 Å². The molecule has 1 aliphatic heterocycles. The molecule has 1 fully saturated rings. The lowest BCUT2D eigenvalue weighted by molar-refractivity contribution is -0.0517. The summed E-state index contributed by atoms with van der Waals surface area (Å²) in [4.78, 5) is 0. The van der Waals surface area contributed by atoms with Crippen molar-refractivity contribution in [2.45, 2.75) is 51.1 Å². The topological polar surface area (TPSA) is 18.5 Å². The molecule has 0 aromatic rings. The highest BCUT2D eigenvalue weighted by atomic mass is 16.7. The van der Waals surface area contributed by atoms with E-state index in [1.54, 1.807) is 0 Å². The van der Waals surface area contributed by atoms with Crippen molar-refractivity contribution in [2.24, 2.45) is 0 Å². The van der Waals surface area contributed by atoms with E-state index >= 15 is 0 Å². The van der Waals surface area contributed by atoms with Gasteiger partial charge < -0.3 is 9.47 Å². The molecule has 1 saturated heterocycles. The van der Waals surface area contributed by atoms with Gasteiger partial charge in [-0.05, 0) is 32.6 Å². The Morgan fingerprint density at radius 3 is 2.00 bits per heavy atom. The van der Waals surface area contributed by atoms with Gasteiger partial charge in [0.2, 0.25) is 0 Å². The minimum absolute atomic E-state index is 0.0121. The zero-order chi connectivity index (χ0) is 8.39. The highest BCUT2D eigenvalue weighted by Gasteiger charge is 2.32. The molecule has 0 amide bonds. The van der Waals surface area contributed by atoms with E-state index in [9.17, 15) is 0 Å². The summed E-state index contributed by atoms with van der Waals surface area (Å²) in [5.41, 5.74) is 0. The number of allylic oxidation sites excluding steroid dienone is 2. The highest BCUT2D eigenvalue weighted by Crippen LogP contribution is 2.27. The fourth-order valence-corrected chi connectivity index (χ4v) is 1.96. The Bertz CT molecular complexity index is 159. The second-order valence-corrected chi connectivity index (χ2v) is 3.54. The summed E-state index contributed by atoms with van der Waals surface area (Å²) in [6, 6.07) is 0. The van der Waals surface area contributed by atoms with Gasteiger partial charge in [-0.15, -0.1) is 0 Å². The van der Waals surface area contributed by atoms with Crippen LogP contribution in [-0.4, -0.2) is 18.5 Å². The predicted molar refractivity (Wildman–Crippen MR) is 46.8 cm³/mol. The van der Waals surface area contributed by atoms with E-state index in [0.29, 0.717) is 12.2 Å². The molecule has 2 unspecified atom stereocenters. The normalized spacial score (nSPS) is 44.6. The van der Waals surface area contributed by atoms with E-state index in [1.165, 1.54) is 0 Å². The Morgan fingerprint density at radius 1 is 1.00 bits per heavy atom. The molecule has 0 aromatic heterocycles. The lowest BCUT2D eigenvalue weighted by atomic mass is 10.0. The van der Waals surface area contributed by atoms with Gasteiger partial charge in [-0.2, -0.15) is 0 Å². The molecule has 2 atom stereocenters. The number of rotatable bonds is 0. The van der Waals surface area contributed by atoms with Gasteiger partial charge in [0.05, 0.1) is 12.2 Å². The second-order valence-electron chi connectivity index (χ2n) is 3.54. The molecule has 68 valence electrons. The van der Waals surface area contributed by atoms with Crippen molar-refractivity contribution < 1.29 is 9.47 Å². The van der Waals surface area contributed by atoms with Crippen LogP contribution >= 0.6 is 0 Å². The van der Waals surface area contributed by atoms with Gasteiger partial charge in [0, 0.05) is 0 Å². The zero-order valence-corrected chi connectivity index (χ0v) is 7.53. The van der Waals surface area contributed by atoms with E-state index < -0.39 is 0 Å². The lowest BCUT2D eigenvalue weighted by Gasteiger charge is -2.16. The van der Waals surface area contributed by atoms with Gasteiger partial charge in [-0.1, -0.05) is 12.2 Å². The van der Waals surface area contributed by atoms with Gasteiger partial charge in [0.1, 0.15) is 0 Å². The summed E-state index contributed by atoms with van der Waals surface area (Å²) in [7, 11) is 0. The van der Waals surface area contributed by atoms with Crippen molar-refractivity contribution >= 4 is 0 Å². The molecule has 0 spiro atoms. The summed E-state index contributed by atoms with van der Waals surface area (Å²) in [5.74, 6) is 0. The Hall–Kier alpha value is -0.340. The first-order valence-corrected chi connectivity index (χ1v) is 4.82. The van der Waals surface area contributed by atoms with Crippen LogP contribution in [0.25, 0.3) is 0 Å². The first-order valence-electron chi connectivity index (χ1n) is 4.82. The molecular formula is C10H16O2. The minimum Gasteiger partial charge on any atom is -0.347 e. The molecule has 0 saturated carbocycles. The van der Waals surface area contributed by atoms with Gasteiger partial charge in [0.25, 0.3) is 0 Å². The highest BCUT2D eigenvalue weighted by molar-refractivity contribution is 4.90. The summed E-state index contributed by atoms with van der Waals surface area (Å²) < 4.78 is 11.3. The van der Waals surface area contributed by atoms with Crippen LogP contribution in [0, 0.1) is 0 Å². The molecule has 2 heteroatoms. The van der Waals surface area contributed by atoms with Crippen molar-refractivity contribution in [2.75, 3.05) is 0 Å². The SMILES string of the molecule is CC1OC2CC/C=C/CCC2O1. The monoisotopic (exact) mass is 168 g/mol. The third-order valence-electron chi connectivity index (χ3n) is 2.55. The van der Waals surface area contributed by atoms with E-state index in [-0.39, 0.29) is 6.29 Å². The number of ether oxygens (including phenoxy) is 2. The smallest absolute Gasteiger partial charge is 0.155 e. The average molecular weight is 168 g/mol. The van der Waals surface area contributed by atoms with Gasteiger partial charge in [-0.3, -0.25) is 0 Å². The number of fused-ring (bicyclic) bond motifs is 1. The van der Waals surface area contributed by atoms with Crippen molar-refractivity contribution in [3.05, 3.63) is 12.2 Å². The second kappa shape index (κ2) is 3.58. The Labute approximate surface area is 73.5 Å². The van der Waals surface area contributed by atoms with E-state index in [4.69, 9.17) is 9.47 Å². The molecule has 0 N–H and O–H groups in total. The predicted octanol–water partition coefficient (Wildman–Crippen LogP) is 2.25. The summed E-state index contributed by atoms with van der Waals surface area (Å²) in [6.07, 6.45) is 9.73. The largest absolute Gasteiger partial charge is 0.347 e. The first kappa shape index (κ1) is 8.27. The maximum Gasteiger partial charge on any atom is 0.155 e. The first-order chi connectivity index (χ1) is 5.86. The van der Waals surface area contributed by atoms with Crippen LogP contribution in [0.15, 0.2) is 12.2 Å². The summed E-state index contributed by atoms with van der Waals surface area (Å²) >= 11 is 0. The lowest BCUT2D eigenvalue weighted by Crippen LogP contribution is -2.22. The molecule has 2 nitrogen and oxygen atoms in total. The molecule has 2 aliphatic rings. The third-order valence-corrected chi connectivity index (χ3v) is 2.55. The van der Waals surface area contributed by atoms with Crippen molar-refractivity contribution in [1.82, 2.24) is 0 Å². The van der Waals surface area contributed by atoms with Crippen LogP contribution in [0.1, 0.15) is 32.6 Å². The standard InChI is InChI=1S/C10H16O2/c1-8-11-9-6-4-2-3-5-7-10(9)12-8/h2-3,8-10H,4-7H2,1H3/b3-2+. The molecule has 0 bridgehead atoms. The fourth-order valence-electron chi connectivity index (χ4n) is 1.96. The van der Waals surface area contributed by atoms with Crippen molar-refractivity contribution in [1.29, 1.82) is 0 Å². The molecular weight excluding hydrogens is 152 g/mol. The van der Waals surface area contributed by atoms with Crippen molar-refractivity contribution in [3.8, 4) is 0 Å². The van der Waals surface area contributed by atoms with Crippen LogP contribution in [0.4, 0.5) is 0 Å². The van der Waals surface area contributed by atoms with E-state index in [0.717, 1.165) is 25.7 Å². The molecule has 0 radical (unpaired) electrons. The molecule has 2 rings (SSSR count). The number of hydrogen-bond donors (Lipinski definition) is 0. The fraction of sp³-hybridized carbons (Fsp3) is 0.800. The van der Waals surface area contributed by atoms with E-state index in [1.807, 2.05) is 6.92 Å². The summed E-state index contributed by atoms with van der Waals surface area (Å²) in [6.45, 7) is 1.98. The molecule has 1 heterocycles. The van der Waals surface area contributed by atoms with Crippen LogP contribution in [0.5, 0.6) is 0 Å². The quantitative estimate of drug-likeness (QED) is 0.516. The van der Waals surface area contributed by atoms with Gasteiger partial charge in [-0.25, -0.2) is 0 Å². The maximum atomic E-state index is 5.64. The maximum absolute atomic E-state index is 5.64. The Balaban J connectivity index is 1.98. The average Bonchev–Trinajstić information content (AvgIpc) is 2.32. The number of hydrogen-bond acceptors (Lipinski definition) is 2. The van der Waals surface area contributed by atoms with Crippen LogP contribution < -0.4 is 0 Å². The van der Waals surface area contributed by atoms with Crippen LogP contribution in [0.2, 0.25) is 0 Å². The summed E-state index contributed by atoms with van der Waals surface area (Å²) in [5, 5.41) is 0.